The summed E-state index contributed by atoms with van der Waals surface area (Å²) in [5, 5.41) is 0. The molecule has 0 rings (SSSR count). The highest BCUT2D eigenvalue weighted by Crippen LogP contribution is 2.22. The molecule has 2 heteroatoms. The van der Waals surface area contributed by atoms with E-state index in [4.69, 9.17) is 4.74 Å². The van der Waals surface area contributed by atoms with Crippen LogP contribution in [0.15, 0.2) is 24.8 Å². The van der Waals surface area contributed by atoms with Crippen LogP contribution in [-0.4, -0.2) is 12.6 Å². The Labute approximate surface area is 144 Å². The first-order chi connectivity index (χ1) is 11.2. The van der Waals surface area contributed by atoms with Gasteiger partial charge in [0.25, 0.3) is 0 Å². The van der Waals surface area contributed by atoms with Crippen molar-refractivity contribution in [3.05, 3.63) is 24.8 Å². The molecule has 134 valence electrons. The van der Waals surface area contributed by atoms with Gasteiger partial charge in [0.2, 0.25) is 0 Å². The van der Waals surface area contributed by atoms with Gasteiger partial charge in [-0.3, -0.25) is 0 Å². The number of unbranched alkanes of at least 4 members (excludes halogenated alkanes) is 5. The van der Waals surface area contributed by atoms with E-state index in [0.29, 0.717) is 6.61 Å². The van der Waals surface area contributed by atoms with Crippen molar-refractivity contribution in [2.24, 2.45) is 5.92 Å². The summed E-state index contributed by atoms with van der Waals surface area (Å²) in [6, 6.07) is 0. The third kappa shape index (κ3) is 15.6. The smallest absolute Gasteiger partial charge is 0.330 e. The van der Waals surface area contributed by atoms with Crippen LogP contribution < -0.4 is 0 Å². The number of esters is 1. The average molecular weight is 323 g/mol. The fourth-order valence-corrected chi connectivity index (χ4v) is 2.94. The summed E-state index contributed by atoms with van der Waals surface area (Å²) in [6.07, 6.45) is 21.1. The Kier molecular flexibility index (Phi) is 16.5. The summed E-state index contributed by atoms with van der Waals surface area (Å²) in [7, 11) is 0. The molecule has 0 aromatic carbocycles. The fraction of sp³-hybridized carbons (Fsp3) is 0.762. The minimum Gasteiger partial charge on any atom is -0.463 e. The van der Waals surface area contributed by atoms with Crippen molar-refractivity contribution in [1.29, 1.82) is 0 Å². The summed E-state index contributed by atoms with van der Waals surface area (Å²) >= 11 is 0. The molecule has 2 nitrogen and oxygen atoms in total. The van der Waals surface area contributed by atoms with Crippen molar-refractivity contribution in [3.63, 3.8) is 0 Å². The predicted octanol–water partition coefficient (Wildman–Crippen LogP) is 6.61. The summed E-state index contributed by atoms with van der Waals surface area (Å²) in [5.41, 5.74) is 0. The zero-order valence-corrected chi connectivity index (χ0v) is 15.5. The Morgan fingerprint density at radius 3 is 2.30 bits per heavy atom. The number of allylic oxidation sites excluding steroid dienone is 2. The van der Waals surface area contributed by atoms with Crippen molar-refractivity contribution in [3.8, 4) is 0 Å². The molecule has 0 bridgehead atoms. The number of ether oxygens (including phenoxy) is 1. The lowest BCUT2D eigenvalue weighted by Gasteiger charge is -2.15. The number of hydrogen-bond acceptors (Lipinski definition) is 2. The molecular weight excluding hydrogens is 284 g/mol. The summed E-state index contributed by atoms with van der Waals surface area (Å²) in [4.78, 5) is 10.9. The van der Waals surface area contributed by atoms with E-state index in [1.807, 2.05) is 0 Å². The molecule has 0 aromatic rings. The van der Waals surface area contributed by atoms with Crippen LogP contribution in [0, 0.1) is 5.92 Å². The number of rotatable bonds is 16. The highest BCUT2D eigenvalue weighted by Gasteiger charge is 2.07. The van der Waals surface area contributed by atoms with E-state index in [9.17, 15) is 4.79 Å². The van der Waals surface area contributed by atoms with Gasteiger partial charge in [-0.1, -0.05) is 83.9 Å². The summed E-state index contributed by atoms with van der Waals surface area (Å²) in [5.74, 6) is 0.607. The van der Waals surface area contributed by atoms with Crippen LogP contribution in [0.3, 0.4) is 0 Å². The van der Waals surface area contributed by atoms with Gasteiger partial charge in [-0.25, -0.2) is 4.79 Å². The fourth-order valence-electron chi connectivity index (χ4n) is 2.94. The Balaban J connectivity index is 3.57. The van der Waals surface area contributed by atoms with Crippen molar-refractivity contribution in [2.45, 2.75) is 90.9 Å². The van der Waals surface area contributed by atoms with Crippen LogP contribution >= 0.6 is 0 Å². The molecule has 23 heavy (non-hydrogen) atoms. The molecule has 0 aliphatic heterocycles. The van der Waals surface area contributed by atoms with Gasteiger partial charge < -0.3 is 4.74 Å². The maximum atomic E-state index is 10.9. The first kappa shape index (κ1) is 21.9. The highest BCUT2D eigenvalue weighted by molar-refractivity contribution is 5.81. The van der Waals surface area contributed by atoms with Gasteiger partial charge in [0.1, 0.15) is 0 Å². The van der Waals surface area contributed by atoms with Gasteiger partial charge in [0.15, 0.2) is 0 Å². The molecule has 0 radical (unpaired) electrons. The topological polar surface area (TPSA) is 26.3 Å². The van der Waals surface area contributed by atoms with Crippen LogP contribution in [0.5, 0.6) is 0 Å². The van der Waals surface area contributed by atoms with Gasteiger partial charge >= 0.3 is 5.97 Å². The second-order valence-corrected chi connectivity index (χ2v) is 6.39. The first-order valence-electron chi connectivity index (χ1n) is 9.68. The molecule has 0 saturated heterocycles. The van der Waals surface area contributed by atoms with Crippen LogP contribution in [0.1, 0.15) is 90.9 Å². The van der Waals surface area contributed by atoms with Crippen molar-refractivity contribution < 1.29 is 9.53 Å². The van der Waals surface area contributed by atoms with Crippen molar-refractivity contribution in [2.75, 3.05) is 6.61 Å². The summed E-state index contributed by atoms with van der Waals surface area (Å²) in [6.45, 7) is 8.42. The molecule has 0 heterocycles. The minimum absolute atomic E-state index is 0.304. The Hall–Kier alpha value is -1.05. The van der Waals surface area contributed by atoms with Crippen molar-refractivity contribution in [1.82, 2.24) is 0 Å². The summed E-state index contributed by atoms with van der Waals surface area (Å²) < 4.78 is 4.99. The standard InChI is InChI=1S/C21H38O2/c1-4-7-8-9-10-13-17-20(16-5-2)18-14-11-12-15-19-23-21(22)6-3/h6-8,20H,3-5,9-19H2,1-2H3. The maximum Gasteiger partial charge on any atom is 0.330 e. The highest BCUT2D eigenvalue weighted by atomic mass is 16.5. The number of hydrogen-bond donors (Lipinski definition) is 0. The largest absolute Gasteiger partial charge is 0.463 e. The van der Waals surface area contributed by atoms with Crippen LogP contribution in [0.25, 0.3) is 0 Å². The zero-order chi connectivity index (χ0) is 17.2. The molecule has 0 spiro atoms. The molecule has 0 amide bonds. The first-order valence-corrected chi connectivity index (χ1v) is 9.68. The molecule has 0 aromatic heterocycles. The number of carbonyl (C=O) groups excluding carboxylic acids is 1. The molecule has 0 saturated carbocycles. The van der Waals surface area contributed by atoms with Crippen molar-refractivity contribution >= 4 is 5.97 Å². The van der Waals surface area contributed by atoms with E-state index >= 15 is 0 Å². The second kappa shape index (κ2) is 17.3. The molecule has 0 aliphatic carbocycles. The lowest BCUT2D eigenvalue weighted by Crippen LogP contribution is -2.02. The van der Waals surface area contributed by atoms with Gasteiger partial charge in [-0.15, -0.1) is 0 Å². The van der Waals surface area contributed by atoms with E-state index in [2.05, 4.69) is 32.6 Å². The monoisotopic (exact) mass is 322 g/mol. The third-order valence-corrected chi connectivity index (χ3v) is 4.25. The normalized spacial score (nSPS) is 12.4. The Bertz CT molecular complexity index is 307. The van der Waals surface area contributed by atoms with E-state index in [0.717, 1.165) is 25.2 Å². The molecule has 0 fully saturated rings. The Morgan fingerprint density at radius 2 is 1.65 bits per heavy atom. The molecular formula is C21H38O2. The lowest BCUT2D eigenvalue weighted by atomic mass is 9.91. The van der Waals surface area contributed by atoms with E-state index < -0.39 is 0 Å². The van der Waals surface area contributed by atoms with Gasteiger partial charge in [-0.2, -0.15) is 0 Å². The van der Waals surface area contributed by atoms with E-state index in [1.165, 1.54) is 63.9 Å². The molecule has 1 unspecified atom stereocenters. The molecule has 0 aliphatic rings. The number of carbonyl (C=O) groups is 1. The van der Waals surface area contributed by atoms with Crippen LogP contribution in [0.4, 0.5) is 0 Å². The van der Waals surface area contributed by atoms with Crippen LogP contribution in [0.2, 0.25) is 0 Å². The average Bonchev–Trinajstić information content (AvgIpc) is 2.56. The molecule has 0 N–H and O–H groups in total. The quantitative estimate of drug-likeness (QED) is 0.138. The van der Waals surface area contributed by atoms with Gasteiger partial charge in [0.05, 0.1) is 6.61 Å². The van der Waals surface area contributed by atoms with E-state index in [1.54, 1.807) is 0 Å². The van der Waals surface area contributed by atoms with Gasteiger partial charge in [0, 0.05) is 6.08 Å². The third-order valence-electron chi connectivity index (χ3n) is 4.25. The SMILES string of the molecule is C=CC(=O)OCCCCCCC(CCC)CCCCC=CCC. The predicted molar refractivity (Wildman–Crippen MR) is 101 cm³/mol. The maximum absolute atomic E-state index is 10.9. The van der Waals surface area contributed by atoms with Crippen LogP contribution in [-0.2, 0) is 9.53 Å². The zero-order valence-electron chi connectivity index (χ0n) is 15.5. The van der Waals surface area contributed by atoms with E-state index in [-0.39, 0.29) is 5.97 Å². The Morgan fingerprint density at radius 1 is 0.957 bits per heavy atom. The lowest BCUT2D eigenvalue weighted by molar-refractivity contribution is -0.137. The molecule has 1 atom stereocenters. The minimum atomic E-state index is -0.304. The second-order valence-electron chi connectivity index (χ2n) is 6.39. The van der Waals surface area contributed by atoms with Gasteiger partial charge in [-0.05, 0) is 31.6 Å².